The third-order valence-electron chi connectivity index (χ3n) is 3.48. The van der Waals surface area contributed by atoms with Crippen LogP contribution in [0.4, 0.5) is 5.69 Å². The third-order valence-corrected chi connectivity index (χ3v) is 3.48. The highest BCUT2D eigenvalue weighted by molar-refractivity contribution is 5.85. The Balaban J connectivity index is 0.000000730. The molecule has 0 fully saturated rings. The Bertz CT molecular complexity index is 832. The van der Waals surface area contributed by atoms with Gasteiger partial charge in [0.05, 0.1) is 11.2 Å². The van der Waals surface area contributed by atoms with Gasteiger partial charge in [0.2, 0.25) is 0 Å². The molecule has 2 nitrogen and oxygen atoms in total. The van der Waals surface area contributed by atoms with Crippen molar-refractivity contribution in [1.29, 1.82) is 0 Å². The predicted molar refractivity (Wildman–Crippen MR) is 114 cm³/mol. The Morgan fingerprint density at radius 2 is 1.60 bits per heavy atom. The molecule has 0 aliphatic carbocycles. The molecular formula is C23H28N2. The Hall–Kier alpha value is -2.74. The van der Waals surface area contributed by atoms with E-state index in [1.807, 2.05) is 59.0 Å². The first kappa shape index (κ1) is 20.3. The van der Waals surface area contributed by atoms with E-state index in [1.165, 1.54) is 11.1 Å². The van der Waals surface area contributed by atoms with Crippen LogP contribution in [0.5, 0.6) is 0 Å². The number of pyridine rings is 1. The number of hydrogen-bond acceptors (Lipinski definition) is 2. The molecule has 3 rings (SSSR count). The average molecular weight is 332 g/mol. The number of aromatic nitrogens is 1. The summed E-state index contributed by atoms with van der Waals surface area (Å²) in [5, 5.41) is 1.15. The maximum atomic E-state index is 4.36. The first-order chi connectivity index (χ1) is 12.3. The molecule has 0 N–H and O–H groups in total. The van der Waals surface area contributed by atoms with Gasteiger partial charge in [0.1, 0.15) is 0 Å². The van der Waals surface area contributed by atoms with Crippen LogP contribution in [0, 0.1) is 0 Å². The maximum Gasteiger partial charge on any atom is 0.0702 e. The molecular weight excluding hydrogens is 304 g/mol. The van der Waals surface area contributed by atoms with Crippen LogP contribution in [-0.2, 0) is 0 Å². The van der Waals surface area contributed by atoms with Crippen molar-refractivity contribution in [2.45, 2.75) is 34.6 Å². The smallest absolute Gasteiger partial charge is 0.0702 e. The van der Waals surface area contributed by atoms with E-state index in [1.54, 1.807) is 0 Å². The Labute approximate surface area is 152 Å². The molecule has 0 saturated heterocycles. The van der Waals surface area contributed by atoms with E-state index >= 15 is 0 Å². The number of hydrogen-bond donors (Lipinski definition) is 0. The fourth-order valence-corrected chi connectivity index (χ4v) is 2.45. The van der Waals surface area contributed by atoms with Crippen LogP contribution in [0.15, 0.2) is 65.8 Å². The summed E-state index contributed by atoms with van der Waals surface area (Å²) >= 11 is 0. The molecule has 0 aliphatic heterocycles. The number of benzene rings is 2. The van der Waals surface area contributed by atoms with E-state index in [4.69, 9.17) is 0 Å². The summed E-state index contributed by atoms with van der Waals surface area (Å²) in [6.07, 6.45) is 5.88. The molecule has 130 valence electrons. The minimum atomic E-state index is 0.902. The largest absolute Gasteiger partial charge is 0.264 e. The van der Waals surface area contributed by atoms with Gasteiger partial charge < -0.3 is 0 Å². The third kappa shape index (κ3) is 5.12. The molecule has 0 saturated carbocycles. The van der Waals surface area contributed by atoms with Crippen LogP contribution in [0.2, 0.25) is 0 Å². The van der Waals surface area contributed by atoms with Crippen molar-refractivity contribution in [1.82, 2.24) is 4.98 Å². The second-order valence-corrected chi connectivity index (χ2v) is 4.84. The number of rotatable bonds is 3. The normalized spacial score (nSPS) is 9.80. The molecule has 2 heteroatoms. The Morgan fingerprint density at radius 3 is 2.28 bits per heavy atom. The standard InChI is InChI=1S/C19H16N2.2C2H6/c1-3-5-16-12-14(7-9-18(16)20-2)15-8-10-19-17(13-15)6-4-11-21-19;2*1-2/h3-13H,2H2,1H3;2*1-2H3/b5-3-;;. The summed E-state index contributed by atoms with van der Waals surface area (Å²) in [6.45, 7) is 13.6. The minimum absolute atomic E-state index is 0.902. The molecule has 0 radical (unpaired) electrons. The maximum absolute atomic E-state index is 4.36. The summed E-state index contributed by atoms with van der Waals surface area (Å²) in [5.74, 6) is 0. The number of nitrogens with zero attached hydrogens (tertiary/aromatic N) is 2. The zero-order chi connectivity index (χ0) is 18.7. The molecule has 0 spiro atoms. The van der Waals surface area contributed by atoms with Crippen LogP contribution >= 0.6 is 0 Å². The van der Waals surface area contributed by atoms with Crippen LogP contribution in [0.1, 0.15) is 40.2 Å². The Morgan fingerprint density at radius 1 is 0.920 bits per heavy atom. The average Bonchev–Trinajstić information content (AvgIpc) is 2.71. The minimum Gasteiger partial charge on any atom is -0.264 e. The lowest BCUT2D eigenvalue weighted by molar-refractivity contribution is 1.41. The van der Waals surface area contributed by atoms with Gasteiger partial charge in [-0.1, -0.05) is 58.0 Å². The summed E-state index contributed by atoms with van der Waals surface area (Å²) < 4.78 is 0. The van der Waals surface area contributed by atoms with E-state index in [-0.39, 0.29) is 0 Å². The van der Waals surface area contributed by atoms with Crippen LogP contribution < -0.4 is 0 Å². The van der Waals surface area contributed by atoms with Crippen molar-refractivity contribution in [2.75, 3.05) is 0 Å². The highest BCUT2D eigenvalue weighted by Crippen LogP contribution is 2.29. The number of fused-ring (bicyclic) bond motifs is 1. The first-order valence-electron chi connectivity index (χ1n) is 8.90. The van der Waals surface area contributed by atoms with E-state index in [0.29, 0.717) is 0 Å². The van der Waals surface area contributed by atoms with E-state index in [2.05, 4.69) is 59.2 Å². The molecule has 0 aliphatic rings. The fourth-order valence-electron chi connectivity index (χ4n) is 2.45. The van der Waals surface area contributed by atoms with Gasteiger partial charge in [0.15, 0.2) is 0 Å². The van der Waals surface area contributed by atoms with E-state index in [9.17, 15) is 0 Å². The van der Waals surface area contributed by atoms with Crippen molar-refractivity contribution < 1.29 is 0 Å². The van der Waals surface area contributed by atoms with Gasteiger partial charge in [-0.25, -0.2) is 0 Å². The Kier molecular flexibility index (Phi) is 8.87. The summed E-state index contributed by atoms with van der Waals surface area (Å²) in [5.41, 5.74) is 5.34. The summed E-state index contributed by atoms with van der Waals surface area (Å²) in [7, 11) is 0. The zero-order valence-electron chi connectivity index (χ0n) is 16.0. The van der Waals surface area contributed by atoms with Gasteiger partial charge in [-0.3, -0.25) is 9.98 Å². The van der Waals surface area contributed by atoms with Gasteiger partial charge in [-0.05, 0) is 55.1 Å². The number of aliphatic imine (C=N–C) groups is 1. The van der Waals surface area contributed by atoms with Crippen LogP contribution in [0.25, 0.3) is 28.1 Å². The van der Waals surface area contributed by atoms with Crippen molar-refractivity contribution in [2.24, 2.45) is 4.99 Å². The van der Waals surface area contributed by atoms with Crippen molar-refractivity contribution in [3.8, 4) is 11.1 Å². The summed E-state index contributed by atoms with van der Waals surface area (Å²) in [6, 6.07) is 16.6. The SMILES string of the molecule is C=Nc1ccc(-c2ccc3ncccc3c2)cc1/C=C\C.CC.CC. The molecule has 2 aromatic carbocycles. The van der Waals surface area contributed by atoms with E-state index < -0.39 is 0 Å². The summed E-state index contributed by atoms with van der Waals surface area (Å²) in [4.78, 5) is 8.42. The van der Waals surface area contributed by atoms with Gasteiger partial charge in [0, 0.05) is 17.1 Å². The number of allylic oxidation sites excluding steroid dienone is 1. The van der Waals surface area contributed by atoms with Gasteiger partial charge in [-0.15, -0.1) is 0 Å². The second kappa shape index (κ2) is 10.9. The van der Waals surface area contributed by atoms with Crippen molar-refractivity contribution >= 4 is 29.4 Å². The lowest BCUT2D eigenvalue weighted by atomic mass is 10.00. The lowest BCUT2D eigenvalue weighted by Crippen LogP contribution is -1.83. The highest BCUT2D eigenvalue weighted by Gasteiger charge is 2.04. The van der Waals surface area contributed by atoms with Crippen molar-refractivity contribution in [3.63, 3.8) is 0 Å². The molecule has 0 atom stereocenters. The van der Waals surface area contributed by atoms with Crippen LogP contribution in [-0.4, -0.2) is 11.7 Å². The topological polar surface area (TPSA) is 25.2 Å². The molecule has 25 heavy (non-hydrogen) atoms. The molecule has 0 amide bonds. The first-order valence-corrected chi connectivity index (χ1v) is 8.90. The van der Waals surface area contributed by atoms with Gasteiger partial charge >= 0.3 is 0 Å². The quantitative estimate of drug-likeness (QED) is 0.461. The predicted octanol–water partition coefficient (Wildman–Crippen LogP) is 7.32. The van der Waals surface area contributed by atoms with E-state index in [0.717, 1.165) is 22.2 Å². The molecule has 3 aromatic rings. The molecule has 1 aromatic heterocycles. The highest BCUT2D eigenvalue weighted by atomic mass is 14.7. The zero-order valence-corrected chi connectivity index (χ0v) is 16.0. The monoisotopic (exact) mass is 332 g/mol. The lowest BCUT2D eigenvalue weighted by Gasteiger charge is -2.07. The second-order valence-electron chi connectivity index (χ2n) is 4.84. The molecule has 0 bridgehead atoms. The van der Waals surface area contributed by atoms with Crippen LogP contribution in [0.3, 0.4) is 0 Å². The van der Waals surface area contributed by atoms with Crippen molar-refractivity contribution in [3.05, 3.63) is 66.4 Å². The molecule has 1 heterocycles. The fraction of sp³-hybridized carbons (Fsp3) is 0.217. The van der Waals surface area contributed by atoms with Gasteiger partial charge in [-0.2, -0.15) is 0 Å². The van der Waals surface area contributed by atoms with Gasteiger partial charge in [0.25, 0.3) is 0 Å². The molecule has 0 unspecified atom stereocenters.